The van der Waals surface area contributed by atoms with E-state index in [1.807, 2.05) is 12.1 Å². The van der Waals surface area contributed by atoms with Gasteiger partial charge in [-0.2, -0.15) is 0 Å². The maximum atomic E-state index is 11.7. The standard InChI is InChI=1S/C15H13N3O/c16-14-5-3-13(4-6-14)15(19)18-9-1-2-12-7-10-17-11-8-12/h3-8,10-11H,9,16H2,(H,18,19). The predicted octanol–water partition coefficient (Wildman–Crippen LogP) is 1.45. The van der Waals surface area contributed by atoms with E-state index in [1.165, 1.54) is 0 Å². The van der Waals surface area contributed by atoms with E-state index in [4.69, 9.17) is 5.73 Å². The summed E-state index contributed by atoms with van der Waals surface area (Å²) in [7, 11) is 0. The van der Waals surface area contributed by atoms with Crippen LogP contribution in [-0.2, 0) is 0 Å². The van der Waals surface area contributed by atoms with Crippen LogP contribution in [0.15, 0.2) is 48.8 Å². The topological polar surface area (TPSA) is 68.0 Å². The number of rotatable bonds is 2. The molecule has 0 aliphatic heterocycles. The molecular weight excluding hydrogens is 238 g/mol. The maximum absolute atomic E-state index is 11.7. The third-order valence-electron chi connectivity index (χ3n) is 2.42. The van der Waals surface area contributed by atoms with Gasteiger partial charge in [0.05, 0.1) is 6.54 Å². The highest BCUT2D eigenvalue weighted by Crippen LogP contribution is 2.04. The molecule has 0 aliphatic rings. The van der Waals surface area contributed by atoms with E-state index in [-0.39, 0.29) is 5.91 Å². The molecule has 0 atom stereocenters. The number of hydrogen-bond donors (Lipinski definition) is 2. The van der Waals surface area contributed by atoms with Crippen molar-refractivity contribution in [3.05, 3.63) is 59.9 Å². The summed E-state index contributed by atoms with van der Waals surface area (Å²) in [6.07, 6.45) is 3.36. The van der Waals surface area contributed by atoms with Crippen LogP contribution >= 0.6 is 0 Å². The zero-order valence-corrected chi connectivity index (χ0v) is 10.3. The summed E-state index contributed by atoms with van der Waals surface area (Å²) < 4.78 is 0. The smallest absolute Gasteiger partial charge is 0.252 e. The second-order valence-electron chi connectivity index (χ2n) is 3.84. The molecule has 19 heavy (non-hydrogen) atoms. The van der Waals surface area contributed by atoms with E-state index in [9.17, 15) is 4.79 Å². The zero-order valence-electron chi connectivity index (χ0n) is 10.3. The van der Waals surface area contributed by atoms with E-state index in [0.717, 1.165) is 5.56 Å². The van der Waals surface area contributed by atoms with Crippen molar-refractivity contribution < 1.29 is 4.79 Å². The van der Waals surface area contributed by atoms with Crippen molar-refractivity contribution >= 4 is 11.6 Å². The third-order valence-corrected chi connectivity index (χ3v) is 2.42. The van der Waals surface area contributed by atoms with E-state index in [1.54, 1.807) is 36.7 Å². The first-order chi connectivity index (χ1) is 9.25. The lowest BCUT2D eigenvalue weighted by Gasteiger charge is -2.01. The lowest BCUT2D eigenvalue weighted by atomic mass is 10.2. The molecule has 0 saturated heterocycles. The predicted molar refractivity (Wildman–Crippen MR) is 74.3 cm³/mol. The van der Waals surface area contributed by atoms with E-state index >= 15 is 0 Å². The van der Waals surface area contributed by atoms with Gasteiger partial charge in [0.1, 0.15) is 0 Å². The first-order valence-electron chi connectivity index (χ1n) is 5.78. The number of nitrogens with zero attached hydrogens (tertiary/aromatic N) is 1. The number of nitrogen functional groups attached to an aromatic ring is 1. The molecule has 0 radical (unpaired) electrons. The van der Waals surface area contributed by atoms with Crippen LogP contribution in [0.25, 0.3) is 0 Å². The van der Waals surface area contributed by atoms with Crippen molar-refractivity contribution in [3.8, 4) is 11.8 Å². The molecule has 1 heterocycles. The molecule has 2 rings (SSSR count). The summed E-state index contributed by atoms with van der Waals surface area (Å²) >= 11 is 0. The highest BCUT2D eigenvalue weighted by Gasteiger charge is 2.02. The number of anilines is 1. The zero-order chi connectivity index (χ0) is 13.5. The van der Waals surface area contributed by atoms with Gasteiger partial charge < -0.3 is 11.1 Å². The SMILES string of the molecule is Nc1ccc(C(=O)NCC#Cc2ccncc2)cc1. The first kappa shape index (κ1) is 12.7. The highest BCUT2D eigenvalue weighted by molar-refractivity contribution is 5.94. The quantitative estimate of drug-likeness (QED) is 0.627. The Morgan fingerprint density at radius 3 is 2.53 bits per heavy atom. The van der Waals surface area contributed by atoms with Gasteiger partial charge in [0.15, 0.2) is 0 Å². The Labute approximate surface area is 111 Å². The Bertz CT molecular complexity index is 609. The van der Waals surface area contributed by atoms with Gasteiger partial charge in [-0.05, 0) is 36.4 Å². The van der Waals surface area contributed by atoms with Gasteiger partial charge in [-0.3, -0.25) is 9.78 Å². The monoisotopic (exact) mass is 251 g/mol. The number of carbonyl (C=O) groups excluding carboxylic acids is 1. The largest absolute Gasteiger partial charge is 0.399 e. The van der Waals surface area contributed by atoms with Gasteiger partial charge in [0.2, 0.25) is 0 Å². The number of hydrogen-bond acceptors (Lipinski definition) is 3. The number of pyridine rings is 1. The fourth-order valence-electron chi connectivity index (χ4n) is 1.44. The normalized spacial score (nSPS) is 9.26. The lowest BCUT2D eigenvalue weighted by molar-refractivity contribution is 0.0958. The molecule has 94 valence electrons. The van der Waals surface area contributed by atoms with Crippen LogP contribution < -0.4 is 11.1 Å². The van der Waals surface area contributed by atoms with Crippen molar-refractivity contribution in [2.24, 2.45) is 0 Å². The number of nitrogens with two attached hydrogens (primary N) is 1. The van der Waals surface area contributed by atoms with Crippen LogP contribution in [0.4, 0.5) is 5.69 Å². The van der Waals surface area contributed by atoms with Gasteiger partial charge in [-0.15, -0.1) is 0 Å². The summed E-state index contributed by atoms with van der Waals surface area (Å²) in [5, 5.41) is 2.72. The van der Waals surface area contributed by atoms with Crippen molar-refractivity contribution in [2.75, 3.05) is 12.3 Å². The average molecular weight is 251 g/mol. The first-order valence-corrected chi connectivity index (χ1v) is 5.78. The molecule has 0 aliphatic carbocycles. The lowest BCUT2D eigenvalue weighted by Crippen LogP contribution is -2.23. The second-order valence-corrected chi connectivity index (χ2v) is 3.84. The van der Waals surface area contributed by atoms with Crippen LogP contribution in [0, 0.1) is 11.8 Å². The Kier molecular flexibility index (Phi) is 4.14. The Balaban J connectivity index is 1.88. The van der Waals surface area contributed by atoms with Crippen molar-refractivity contribution in [1.82, 2.24) is 10.3 Å². The summed E-state index contributed by atoms with van der Waals surface area (Å²) in [6, 6.07) is 10.4. The molecule has 2 aromatic rings. The molecule has 4 nitrogen and oxygen atoms in total. The molecule has 0 fully saturated rings. The Hall–Kier alpha value is -2.80. The van der Waals surface area contributed by atoms with Crippen LogP contribution in [0.5, 0.6) is 0 Å². The molecule has 1 aromatic carbocycles. The van der Waals surface area contributed by atoms with Gasteiger partial charge >= 0.3 is 0 Å². The molecule has 4 heteroatoms. The molecule has 1 aromatic heterocycles. The minimum absolute atomic E-state index is 0.163. The van der Waals surface area contributed by atoms with Gasteiger partial charge in [0, 0.05) is 29.2 Å². The summed E-state index contributed by atoms with van der Waals surface area (Å²) in [6.45, 7) is 0.297. The number of nitrogens with one attached hydrogen (secondary N) is 1. The van der Waals surface area contributed by atoms with Crippen LogP contribution in [0.1, 0.15) is 15.9 Å². The highest BCUT2D eigenvalue weighted by atomic mass is 16.1. The Morgan fingerprint density at radius 2 is 1.84 bits per heavy atom. The molecule has 0 bridgehead atoms. The van der Waals surface area contributed by atoms with Crippen LogP contribution in [-0.4, -0.2) is 17.4 Å². The van der Waals surface area contributed by atoms with Crippen LogP contribution in [0.2, 0.25) is 0 Å². The second kappa shape index (κ2) is 6.22. The van der Waals surface area contributed by atoms with Gasteiger partial charge in [0.25, 0.3) is 5.91 Å². The van der Waals surface area contributed by atoms with Crippen molar-refractivity contribution in [1.29, 1.82) is 0 Å². The number of amides is 1. The summed E-state index contributed by atoms with van der Waals surface area (Å²) in [5.41, 5.74) is 7.63. The minimum atomic E-state index is -0.163. The fraction of sp³-hybridized carbons (Fsp3) is 0.0667. The van der Waals surface area contributed by atoms with Crippen LogP contribution in [0.3, 0.4) is 0 Å². The van der Waals surface area contributed by atoms with Crippen molar-refractivity contribution in [3.63, 3.8) is 0 Å². The summed E-state index contributed by atoms with van der Waals surface area (Å²) in [4.78, 5) is 15.6. The van der Waals surface area contributed by atoms with E-state index < -0.39 is 0 Å². The molecule has 0 saturated carbocycles. The molecule has 1 amide bonds. The maximum Gasteiger partial charge on any atom is 0.252 e. The average Bonchev–Trinajstić information content (AvgIpc) is 2.45. The summed E-state index contributed by atoms with van der Waals surface area (Å²) in [5.74, 6) is 5.65. The fourth-order valence-corrected chi connectivity index (χ4v) is 1.44. The van der Waals surface area contributed by atoms with Gasteiger partial charge in [-0.1, -0.05) is 11.8 Å². The molecule has 0 unspecified atom stereocenters. The third kappa shape index (κ3) is 3.86. The van der Waals surface area contributed by atoms with Crippen molar-refractivity contribution in [2.45, 2.75) is 0 Å². The number of benzene rings is 1. The van der Waals surface area contributed by atoms with E-state index in [0.29, 0.717) is 17.8 Å². The Morgan fingerprint density at radius 1 is 1.16 bits per heavy atom. The van der Waals surface area contributed by atoms with E-state index in [2.05, 4.69) is 22.1 Å². The minimum Gasteiger partial charge on any atom is -0.399 e. The number of aromatic nitrogens is 1. The molecule has 0 spiro atoms. The number of carbonyl (C=O) groups is 1. The molecule has 3 N–H and O–H groups in total. The molecular formula is C15H13N3O. The van der Waals surface area contributed by atoms with Gasteiger partial charge in [-0.25, -0.2) is 0 Å².